The maximum atomic E-state index is 10.7. The molecule has 6 nitrogen and oxygen atoms in total. The molecule has 0 saturated heterocycles. The van der Waals surface area contributed by atoms with Crippen molar-refractivity contribution in [2.45, 2.75) is 31.2 Å². The Kier molecular flexibility index (Phi) is 12.0. The average Bonchev–Trinajstić information content (AvgIpc) is 2.82. The highest BCUT2D eigenvalue weighted by atomic mass is 35.5. The fraction of sp³-hybridized carbons (Fsp3) is 0.320. The first kappa shape index (κ1) is 30.7. The molecule has 3 rings (SSSR count). The SMILES string of the molecule is C[n+]1c(CCCOc2ccccc2Cl)cccc1CCCOc1ccccc1Cl.O=S(=O)([O-])C(F)(F)F. The maximum Gasteiger partial charge on any atom is 0.485 e. The van der Waals surface area contributed by atoms with E-state index < -0.39 is 15.6 Å². The first-order valence-electron chi connectivity index (χ1n) is 11.1. The fourth-order valence-electron chi connectivity index (χ4n) is 3.17. The molecule has 3 aromatic rings. The zero-order valence-electron chi connectivity index (χ0n) is 19.9. The molecule has 0 atom stereocenters. The Morgan fingerprint density at radius 2 is 1.16 bits per heavy atom. The summed E-state index contributed by atoms with van der Waals surface area (Å²) in [5.74, 6) is 1.48. The zero-order valence-corrected chi connectivity index (χ0v) is 22.2. The molecule has 0 amide bonds. The van der Waals surface area contributed by atoms with Crippen LogP contribution in [0.15, 0.2) is 66.7 Å². The Balaban J connectivity index is 0.000000521. The zero-order chi connectivity index (χ0) is 27.5. The predicted octanol–water partition coefficient (Wildman–Crippen LogP) is 5.89. The molecule has 12 heteroatoms. The highest BCUT2D eigenvalue weighted by molar-refractivity contribution is 7.86. The Morgan fingerprint density at radius 1 is 0.784 bits per heavy atom. The normalized spacial score (nSPS) is 11.4. The van der Waals surface area contributed by atoms with Gasteiger partial charge in [-0.1, -0.05) is 47.5 Å². The minimum Gasteiger partial charge on any atom is -0.741 e. The van der Waals surface area contributed by atoms with Crippen molar-refractivity contribution in [1.29, 1.82) is 0 Å². The monoisotopic (exact) mass is 579 g/mol. The van der Waals surface area contributed by atoms with E-state index in [1.807, 2.05) is 48.5 Å². The number of hydrogen-bond donors (Lipinski definition) is 0. The number of pyridine rings is 1. The Bertz CT molecular complexity index is 1190. The molecular weight excluding hydrogens is 554 g/mol. The van der Waals surface area contributed by atoms with Crippen molar-refractivity contribution < 1.29 is 40.2 Å². The summed E-state index contributed by atoms with van der Waals surface area (Å²) in [7, 11) is -3.97. The van der Waals surface area contributed by atoms with Gasteiger partial charge >= 0.3 is 5.51 Å². The largest absolute Gasteiger partial charge is 0.741 e. The second-order valence-corrected chi connectivity index (χ2v) is 9.92. The van der Waals surface area contributed by atoms with Crippen LogP contribution in [0.3, 0.4) is 0 Å². The van der Waals surface area contributed by atoms with Gasteiger partial charge in [-0.05, 0) is 43.2 Å². The topological polar surface area (TPSA) is 79.5 Å². The average molecular weight is 580 g/mol. The third-order valence-electron chi connectivity index (χ3n) is 5.07. The molecule has 0 saturated carbocycles. The first-order valence-corrected chi connectivity index (χ1v) is 13.3. The number of alkyl halides is 3. The van der Waals surface area contributed by atoms with Gasteiger partial charge in [-0.3, -0.25) is 0 Å². The van der Waals surface area contributed by atoms with Crippen LogP contribution in [-0.2, 0) is 30.0 Å². The molecule has 37 heavy (non-hydrogen) atoms. The van der Waals surface area contributed by atoms with Crippen LogP contribution >= 0.6 is 23.2 Å². The van der Waals surface area contributed by atoms with E-state index in [-0.39, 0.29) is 0 Å². The van der Waals surface area contributed by atoms with Crippen molar-refractivity contribution in [2.24, 2.45) is 7.05 Å². The van der Waals surface area contributed by atoms with E-state index >= 15 is 0 Å². The van der Waals surface area contributed by atoms with Crippen molar-refractivity contribution in [1.82, 2.24) is 0 Å². The van der Waals surface area contributed by atoms with Crippen molar-refractivity contribution in [3.63, 3.8) is 0 Å². The predicted molar refractivity (Wildman–Crippen MR) is 134 cm³/mol. The van der Waals surface area contributed by atoms with E-state index in [4.69, 9.17) is 45.6 Å². The Hall–Kier alpha value is -2.53. The molecule has 0 aliphatic carbocycles. The van der Waals surface area contributed by atoms with Crippen molar-refractivity contribution >= 4 is 33.3 Å². The quantitative estimate of drug-likeness (QED) is 0.129. The minimum atomic E-state index is -6.09. The van der Waals surface area contributed by atoms with Crippen LogP contribution in [0, 0.1) is 0 Å². The third-order valence-corrected chi connectivity index (χ3v) is 6.26. The van der Waals surface area contributed by atoms with Crippen LogP contribution in [0.4, 0.5) is 13.2 Å². The lowest BCUT2D eigenvalue weighted by Gasteiger charge is -2.09. The van der Waals surface area contributed by atoms with Gasteiger partial charge in [0, 0.05) is 25.0 Å². The number of halogens is 5. The van der Waals surface area contributed by atoms with E-state index in [9.17, 15) is 13.2 Å². The van der Waals surface area contributed by atoms with Gasteiger partial charge in [0.1, 0.15) is 18.5 Å². The van der Waals surface area contributed by atoms with Crippen molar-refractivity contribution in [2.75, 3.05) is 13.2 Å². The summed E-state index contributed by atoms with van der Waals surface area (Å²) in [4.78, 5) is 0. The van der Waals surface area contributed by atoms with Crippen molar-refractivity contribution in [3.05, 3.63) is 88.2 Å². The van der Waals surface area contributed by atoms with Gasteiger partial charge in [0.05, 0.1) is 23.3 Å². The lowest BCUT2D eigenvalue weighted by molar-refractivity contribution is -0.686. The Labute approximate surface area is 224 Å². The summed E-state index contributed by atoms with van der Waals surface area (Å²) in [6.45, 7) is 1.28. The highest BCUT2D eigenvalue weighted by Crippen LogP contribution is 2.24. The number of nitrogens with zero attached hydrogens (tertiary/aromatic N) is 1. The molecule has 0 fully saturated rings. The third kappa shape index (κ3) is 10.4. The molecule has 1 heterocycles. The van der Waals surface area contributed by atoms with Crippen LogP contribution < -0.4 is 14.0 Å². The van der Waals surface area contributed by atoms with Crippen LogP contribution in [-0.4, -0.2) is 31.7 Å². The molecule has 0 aliphatic rings. The van der Waals surface area contributed by atoms with Gasteiger partial charge in [-0.25, -0.2) is 13.0 Å². The lowest BCUT2D eigenvalue weighted by Crippen LogP contribution is -2.38. The van der Waals surface area contributed by atoms with Gasteiger partial charge < -0.3 is 14.0 Å². The lowest BCUT2D eigenvalue weighted by atomic mass is 10.1. The molecule has 0 N–H and O–H groups in total. The van der Waals surface area contributed by atoms with Gasteiger partial charge in [-0.2, -0.15) is 13.2 Å². The second-order valence-electron chi connectivity index (χ2n) is 7.73. The minimum absolute atomic E-state index is 0.639. The molecule has 202 valence electrons. The molecule has 0 unspecified atom stereocenters. The van der Waals surface area contributed by atoms with Gasteiger partial charge in [0.25, 0.3) is 0 Å². The molecule has 0 spiro atoms. The molecule has 1 aromatic heterocycles. The number of para-hydroxylation sites is 2. The summed E-state index contributed by atoms with van der Waals surface area (Å²) in [6, 6.07) is 21.6. The molecular formula is C25H26Cl2F3NO5S. The summed E-state index contributed by atoms with van der Waals surface area (Å²) in [5.41, 5.74) is -3.07. The number of aromatic nitrogens is 1. The van der Waals surface area contributed by atoms with Gasteiger partial charge in [0.2, 0.25) is 0 Å². The van der Waals surface area contributed by atoms with Crippen LogP contribution in [0.1, 0.15) is 24.2 Å². The van der Waals surface area contributed by atoms with E-state index in [2.05, 4.69) is 29.8 Å². The van der Waals surface area contributed by atoms with Crippen molar-refractivity contribution in [3.8, 4) is 11.5 Å². The number of ether oxygens (including phenoxy) is 2. The molecule has 0 bridgehead atoms. The number of hydrogen-bond acceptors (Lipinski definition) is 5. The molecule has 2 aromatic carbocycles. The fourth-order valence-corrected chi connectivity index (χ4v) is 3.56. The number of benzene rings is 2. The summed E-state index contributed by atoms with van der Waals surface area (Å²) in [5, 5.41) is 1.30. The van der Waals surface area contributed by atoms with E-state index in [0.717, 1.165) is 37.2 Å². The van der Waals surface area contributed by atoms with E-state index in [1.165, 1.54) is 11.4 Å². The summed E-state index contributed by atoms with van der Waals surface area (Å²) >= 11 is 12.3. The maximum absolute atomic E-state index is 10.7. The van der Waals surface area contributed by atoms with Crippen LogP contribution in [0.25, 0.3) is 0 Å². The van der Waals surface area contributed by atoms with Crippen LogP contribution in [0.5, 0.6) is 11.5 Å². The summed E-state index contributed by atoms with van der Waals surface area (Å²) < 4.78 is 72.8. The number of rotatable bonds is 10. The number of aryl methyl sites for hydroxylation is 2. The Morgan fingerprint density at radius 3 is 1.51 bits per heavy atom. The smallest absolute Gasteiger partial charge is 0.485 e. The molecule has 0 radical (unpaired) electrons. The highest BCUT2D eigenvalue weighted by Gasteiger charge is 2.36. The first-order chi connectivity index (χ1) is 17.4. The van der Waals surface area contributed by atoms with E-state index in [1.54, 1.807) is 0 Å². The standard InChI is InChI=1S/C24H26Cl2NO2.CHF3O3S/c1-27-19(11-7-17-28-23-15-4-2-13-21(23)25)9-6-10-20(27)12-8-18-29-24-16-5-3-14-22(24)26;2-1(3,4)8(5,6)7/h2-6,9-10,13-16H,7-8,11-12,17-18H2,1H3;(H,5,6,7)/q+1;/p-1. The molecule has 0 aliphatic heterocycles. The van der Waals surface area contributed by atoms with E-state index in [0.29, 0.717) is 23.3 Å². The second kappa shape index (κ2) is 14.4. The van der Waals surface area contributed by atoms with Crippen LogP contribution in [0.2, 0.25) is 10.0 Å². The van der Waals surface area contributed by atoms with Gasteiger partial charge in [-0.15, -0.1) is 0 Å². The summed E-state index contributed by atoms with van der Waals surface area (Å²) in [6.07, 6.45) is 3.76. The van der Waals surface area contributed by atoms with Gasteiger partial charge in [0.15, 0.2) is 21.5 Å².